The van der Waals surface area contributed by atoms with E-state index in [4.69, 9.17) is 4.74 Å². The Kier molecular flexibility index (Phi) is 4.75. The molecule has 2 aliphatic carbocycles. The number of ether oxygens (including phenoxy) is 1. The Bertz CT molecular complexity index is 1030. The highest BCUT2D eigenvalue weighted by atomic mass is 16.5. The maximum absolute atomic E-state index is 13.1. The third kappa shape index (κ3) is 3.11. The van der Waals surface area contributed by atoms with Gasteiger partial charge in [0.2, 0.25) is 0 Å². The summed E-state index contributed by atoms with van der Waals surface area (Å²) in [5, 5.41) is 25.8. The lowest BCUT2D eigenvalue weighted by atomic mass is 9.76. The average Bonchev–Trinajstić information content (AvgIpc) is 3.13. The molecule has 1 heterocycles. The second kappa shape index (κ2) is 7.35. The van der Waals surface area contributed by atoms with E-state index < -0.39 is 5.41 Å². The van der Waals surface area contributed by atoms with Crippen LogP contribution in [0.2, 0.25) is 0 Å². The Hall–Kier alpha value is -2.90. The summed E-state index contributed by atoms with van der Waals surface area (Å²) in [6.45, 7) is -0.0322. The molecule has 2 aromatic rings. The summed E-state index contributed by atoms with van der Waals surface area (Å²) in [6, 6.07) is 12.9. The van der Waals surface area contributed by atoms with Crippen molar-refractivity contribution in [2.24, 2.45) is 11.8 Å². The van der Waals surface area contributed by atoms with Crippen molar-refractivity contribution in [3.05, 3.63) is 64.7 Å². The summed E-state index contributed by atoms with van der Waals surface area (Å²) in [4.78, 5) is 25.7. The van der Waals surface area contributed by atoms with Crippen LogP contribution < -0.4 is 15.4 Å². The van der Waals surface area contributed by atoms with Crippen molar-refractivity contribution in [2.45, 2.75) is 30.4 Å². The first-order valence-electron chi connectivity index (χ1n) is 10.7. The number of aliphatic hydroxyl groups excluding tert-OH is 2. The zero-order valence-electron chi connectivity index (χ0n) is 17.3. The summed E-state index contributed by atoms with van der Waals surface area (Å²) >= 11 is 0. The number of carbonyl (C=O) groups excluding carboxylic acids is 2. The predicted molar refractivity (Wildman–Crippen MR) is 113 cm³/mol. The smallest absolute Gasteiger partial charge is 0.254 e. The fourth-order valence-corrected chi connectivity index (χ4v) is 5.33. The van der Waals surface area contributed by atoms with Crippen LogP contribution in [0.1, 0.15) is 44.7 Å². The molecular weight excluding hydrogens is 396 g/mol. The second-order valence-corrected chi connectivity index (χ2v) is 8.83. The van der Waals surface area contributed by atoms with Crippen molar-refractivity contribution in [3.63, 3.8) is 0 Å². The fourth-order valence-electron chi connectivity index (χ4n) is 5.33. The fraction of sp³-hybridized carbons (Fsp3) is 0.417. The first-order chi connectivity index (χ1) is 15.0. The number of rotatable bonds is 5. The Morgan fingerprint density at radius 3 is 2.48 bits per heavy atom. The molecule has 31 heavy (non-hydrogen) atoms. The summed E-state index contributed by atoms with van der Waals surface area (Å²) in [7, 11) is 1.53. The highest BCUT2D eigenvalue weighted by Gasteiger charge is 2.56. The normalized spacial score (nSPS) is 30.2. The summed E-state index contributed by atoms with van der Waals surface area (Å²) in [5.41, 5.74) is 1.29. The van der Waals surface area contributed by atoms with Crippen LogP contribution in [-0.4, -0.2) is 54.4 Å². The molecule has 0 aromatic heterocycles. The van der Waals surface area contributed by atoms with E-state index in [9.17, 15) is 19.8 Å². The minimum absolute atomic E-state index is 0.0700. The van der Waals surface area contributed by atoms with E-state index in [0.29, 0.717) is 28.7 Å². The molecule has 5 atom stereocenters. The maximum atomic E-state index is 13.1. The third-order valence-electron chi connectivity index (χ3n) is 7.12. The lowest BCUT2D eigenvalue weighted by molar-refractivity contribution is 0.0936. The number of fused-ring (bicyclic) bond motifs is 2. The van der Waals surface area contributed by atoms with Crippen molar-refractivity contribution >= 4 is 11.8 Å². The first-order valence-corrected chi connectivity index (χ1v) is 10.7. The van der Waals surface area contributed by atoms with Crippen LogP contribution in [0.25, 0.3) is 0 Å². The zero-order valence-corrected chi connectivity index (χ0v) is 17.3. The molecule has 0 bridgehead atoms. The van der Waals surface area contributed by atoms with E-state index in [0.717, 1.165) is 18.4 Å². The van der Waals surface area contributed by atoms with Gasteiger partial charge in [0.1, 0.15) is 12.4 Å². The minimum Gasteiger partial charge on any atom is -0.491 e. The van der Waals surface area contributed by atoms with Crippen LogP contribution in [-0.2, 0) is 5.41 Å². The number of carbonyl (C=O) groups is 2. The van der Waals surface area contributed by atoms with Crippen molar-refractivity contribution in [2.75, 3.05) is 20.3 Å². The van der Waals surface area contributed by atoms with Gasteiger partial charge in [-0.1, -0.05) is 30.3 Å². The molecule has 3 aliphatic rings. The molecule has 7 heteroatoms. The number of hydrogen-bond acceptors (Lipinski definition) is 5. The third-order valence-corrected chi connectivity index (χ3v) is 7.12. The Balaban J connectivity index is 1.54. The van der Waals surface area contributed by atoms with Gasteiger partial charge in [-0.2, -0.15) is 0 Å². The van der Waals surface area contributed by atoms with Gasteiger partial charge in [0.05, 0.1) is 23.7 Å². The molecule has 3 unspecified atom stereocenters. The Morgan fingerprint density at radius 2 is 1.84 bits per heavy atom. The maximum Gasteiger partial charge on any atom is 0.254 e. The summed E-state index contributed by atoms with van der Waals surface area (Å²) < 4.78 is 5.93. The molecule has 0 spiro atoms. The molecule has 0 radical (unpaired) electrons. The van der Waals surface area contributed by atoms with E-state index in [1.165, 1.54) is 7.05 Å². The van der Waals surface area contributed by atoms with Crippen molar-refractivity contribution in [1.82, 2.24) is 10.6 Å². The molecule has 5 rings (SSSR count). The van der Waals surface area contributed by atoms with Gasteiger partial charge in [-0.15, -0.1) is 0 Å². The lowest BCUT2D eigenvalue weighted by Crippen LogP contribution is -2.34. The SMILES string of the molecule is CNC(=O)c1cc(C(=O)NC2[C@H]3CC(O)C[C@@H]23)cc2c1OCC2(CO)c1ccccc1. The molecule has 7 nitrogen and oxygen atoms in total. The predicted octanol–water partition coefficient (Wildman–Crippen LogP) is 1.22. The summed E-state index contributed by atoms with van der Waals surface area (Å²) in [5.74, 6) is 0.458. The molecule has 2 aromatic carbocycles. The van der Waals surface area contributed by atoms with E-state index in [1.54, 1.807) is 12.1 Å². The van der Waals surface area contributed by atoms with Crippen LogP contribution in [0.3, 0.4) is 0 Å². The van der Waals surface area contributed by atoms with Crippen molar-refractivity contribution < 1.29 is 24.5 Å². The average molecular weight is 422 g/mol. The highest BCUT2D eigenvalue weighted by Crippen LogP contribution is 2.52. The Labute approximate surface area is 180 Å². The largest absolute Gasteiger partial charge is 0.491 e. The monoisotopic (exact) mass is 422 g/mol. The molecule has 2 saturated carbocycles. The van der Waals surface area contributed by atoms with Crippen LogP contribution in [0.5, 0.6) is 5.75 Å². The lowest BCUT2D eigenvalue weighted by Gasteiger charge is -2.26. The molecule has 2 fully saturated rings. The topological polar surface area (TPSA) is 108 Å². The van der Waals surface area contributed by atoms with Gasteiger partial charge in [0.25, 0.3) is 11.8 Å². The molecule has 4 N–H and O–H groups in total. The number of nitrogens with one attached hydrogen (secondary N) is 2. The van der Waals surface area contributed by atoms with E-state index in [-0.39, 0.29) is 42.7 Å². The Morgan fingerprint density at radius 1 is 1.13 bits per heavy atom. The van der Waals surface area contributed by atoms with Crippen LogP contribution >= 0.6 is 0 Å². The van der Waals surface area contributed by atoms with Crippen LogP contribution in [0.15, 0.2) is 42.5 Å². The van der Waals surface area contributed by atoms with Crippen LogP contribution in [0.4, 0.5) is 0 Å². The summed E-state index contributed by atoms with van der Waals surface area (Å²) in [6.07, 6.45) is 1.17. The van der Waals surface area contributed by atoms with E-state index >= 15 is 0 Å². The number of aliphatic hydroxyl groups is 2. The minimum atomic E-state index is -0.851. The van der Waals surface area contributed by atoms with Gasteiger partial charge in [-0.05, 0) is 42.4 Å². The van der Waals surface area contributed by atoms with Crippen LogP contribution in [0, 0.1) is 11.8 Å². The van der Waals surface area contributed by atoms with E-state index in [2.05, 4.69) is 10.6 Å². The van der Waals surface area contributed by atoms with Gasteiger partial charge in [0.15, 0.2) is 0 Å². The molecular formula is C24H26N2O5. The van der Waals surface area contributed by atoms with Gasteiger partial charge in [0, 0.05) is 24.2 Å². The first kappa shape index (κ1) is 20.0. The quantitative estimate of drug-likeness (QED) is 0.580. The second-order valence-electron chi connectivity index (χ2n) is 8.83. The number of benzene rings is 2. The van der Waals surface area contributed by atoms with Gasteiger partial charge >= 0.3 is 0 Å². The zero-order chi connectivity index (χ0) is 21.8. The van der Waals surface area contributed by atoms with Gasteiger partial charge < -0.3 is 25.6 Å². The molecule has 2 amide bonds. The van der Waals surface area contributed by atoms with Crippen molar-refractivity contribution in [3.8, 4) is 5.75 Å². The highest BCUT2D eigenvalue weighted by molar-refractivity contribution is 6.02. The standard InChI is InChI=1S/C24H26N2O5/c1-25-23(30)18-7-13(22(29)26-20-16-9-15(28)10-17(16)20)8-19-21(18)31-12-24(19,11-27)14-5-3-2-4-6-14/h2-8,15-17,20,27-28H,9-12H2,1H3,(H,25,30)(H,26,29)/t15?,16-,17+,20?,24?. The van der Waals surface area contributed by atoms with Gasteiger partial charge in [-0.25, -0.2) is 0 Å². The molecule has 1 aliphatic heterocycles. The van der Waals surface area contributed by atoms with Crippen molar-refractivity contribution in [1.29, 1.82) is 0 Å². The molecule has 162 valence electrons. The van der Waals surface area contributed by atoms with E-state index in [1.807, 2.05) is 30.3 Å². The number of hydrogen-bond donors (Lipinski definition) is 4. The molecule has 0 saturated heterocycles. The number of amides is 2. The van der Waals surface area contributed by atoms with Gasteiger partial charge in [-0.3, -0.25) is 9.59 Å².